The minimum Gasteiger partial charge on any atom is -0.477 e. The van der Waals surface area contributed by atoms with Crippen LogP contribution < -0.4 is 5.43 Å². The predicted octanol–water partition coefficient (Wildman–Crippen LogP) is 2.05. The lowest BCUT2D eigenvalue weighted by Crippen LogP contribution is -2.16. The average Bonchev–Trinajstić information content (AvgIpc) is 3.39. The third-order valence-electron chi connectivity index (χ3n) is 4.36. The summed E-state index contributed by atoms with van der Waals surface area (Å²) in [6, 6.07) is 3.82. The number of hydrogen-bond donors (Lipinski definition) is 3. The molecule has 1 fully saturated rings. The van der Waals surface area contributed by atoms with Crippen LogP contribution in [0.25, 0.3) is 10.9 Å². The van der Waals surface area contributed by atoms with Crippen LogP contribution in [0.2, 0.25) is 0 Å². The van der Waals surface area contributed by atoms with Gasteiger partial charge in [0.1, 0.15) is 5.56 Å². The standard InChI is InChI=1S/C18H21NO5/c20-5-7-24-6-1-2-12-8-14-16(9-13(12)11-3-4-11)19-10-15(17(14)21)18(22)23/h8-11,20H,1-7H2,(H,19,21)(H,22,23). The van der Waals surface area contributed by atoms with Crippen molar-refractivity contribution in [2.24, 2.45) is 0 Å². The first kappa shape index (κ1) is 16.7. The quantitative estimate of drug-likeness (QED) is 0.643. The Morgan fingerprint density at radius 3 is 2.75 bits per heavy atom. The van der Waals surface area contributed by atoms with Crippen molar-refractivity contribution >= 4 is 16.9 Å². The van der Waals surface area contributed by atoms with E-state index in [2.05, 4.69) is 4.98 Å². The van der Waals surface area contributed by atoms with Crippen molar-refractivity contribution in [1.82, 2.24) is 4.98 Å². The monoisotopic (exact) mass is 331 g/mol. The highest BCUT2D eigenvalue weighted by Crippen LogP contribution is 2.42. The summed E-state index contributed by atoms with van der Waals surface area (Å²) in [5, 5.41) is 18.3. The molecule has 24 heavy (non-hydrogen) atoms. The number of hydrogen-bond acceptors (Lipinski definition) is 4. The summed E-state index contributed by atoms with van der Waals surface area (Å²) in [7, 11) is 0. The van der Waals surface area contributed by atoms with Crippen LogP contribution in [0.4, 0.5) is 0 Å². The highest BCUT2D eigenvalue weighted by Gasteiger charge is 2.27. The van der Waals surface area contributed by atoms with Gasteiger partial charge in [0, 0.05) is 23.7 Å². The minimum absolute atomic E-state index is 0.0106. The largest absolute Gasteiger partial charge is 0.477 e. The summed E-state index contributed by atoms with van der Waals surface area (Å²) in [6.07, 6.45) is 5.13. The number of aliphatic hydroxyl groups excluding tert-OH is 1. The zero-order chi connectivity index (χ0) is 17.1. The molecule has 0 atom stereocenters. The van der Waals surface area contributed by atoms with E-state index in [0.29, 0.717) is 30.0 Å². The van der Waals surface area contributed by atoms with Gasteiger partial charge in [-0.15, -0.1) is 0 Å². The Morgan fingerprint density at radius 1 is 1.29 bits per heavy atom. The number of aromatic amines is 1. The van der Waals surface area contributed by atoms with Gasteiger partial charge in [-0.2, -0.15) is 0 Å². The number of H-pyrrole nitrogens is 1. The molecule has 6 nitrogen and oxygen atoms in total. The molecule has 0 aliphatic heterocycles. The third kappa shape index (κ3) is 3.49. The number of fused-ring (bicyclic) bond motifs is 1. The van der Waals surface area contributed by atoms with Gasteiger partial charge in [0.15, 0.2) is 0 Å². The van der Waals surface area contributed by atoms with Gasteiger partial charge in [0.2, 0.25) is 5.43 Å². The number of nitrogens with one attached hydrogen (secondary N) is 1. The van der Waals surface area contributed by atoms with Crippen molar-refractivity contribution in [3.63, 3.8) is 0 Å². The molecule has 6 heteroatoms. The van der Waals surface area contributed by atoms with Gasteiger partial charge < -0.3 is 19.9 Å². The Kier molecular flexibility index (Phi) is 4.97. The van der Waals surface area contributed by atoms with E-state index in [0.717, 1.165) is 31.2 Å². The molecular formula is C18H21NO5. The predicted molar refractivity (Wildman–Crippen MR) is 89.7 cm³/mol. The lowest BCUT2D eigenvalue weighted by Gasteiger charge is -2.11. The smallest absolute Gasteiger partial charge is 0.341 e. The van der Waals surface area contributed by atoms with Gasteiger partial charge in [-0.1, -0.05) is 0 Å². The molecule has 0 unspecified atom stereocenters. The van der Waals surface area contributed by atoms with Crippen LogP contribution in [0.15, 0.2) is 23.1 Å². The number of aliphatic hydroxyl groups is 1. The second kappa shape index (κ2) is 7.15. The van der Waals surface area contributed by atoms with Gasteiger partial charge >= 0.3 is 5.97 Å². The topological polar surface area (TPSA) is 99.6 Å². The first-order chi connectivity index (χ1) is 11.6. The lowest BCUT2D eigenvalue weighted by atomic mass is 9.96. The van der Waals surface area contributed by atoms with Gasteiger partial charge in [-0.05, 0) is 54.9 Å². The van der Waals surface area contributed by atoms with Gasteiger partial charge in [-0.25, -0.2) is 4.79 Å². The Hall–Kier alpha value is -2.18. The van der Waals surface area contributed by atoms with E-state index < -0.39 is 11.4 Å². The molecule has 1 saturated carbocycles. The molecule has 3 rings (SSSR count). The summed E-state index contributed by atoms with van der Waals surface area (Å²) >= 11 is 0. The molecule has 1 aliphatic rings. The highest BCUT2D eigenvalue weighted by molar-refractivity contribution is 5.92. The van der Waals surface area contributed by atoms with Crippen LogP contribution in [-0.2, 0) is 11.2 Å². The third-order valence-corrected chi connectivity index (χ3v) is 4.36. The van der Waals surface area contributed by atoms with Crippen molar-refractivity contribution in [1.29, 1.82) is 0 Å². The summed E-state index contributed by atoms with van der Waals surface area (Å²) in [5.41, 5.74) is 2.33. The molecule has 1 aromatic heterocycles. The maximum Gasteiger partial charge on any atom is 0.341 e. The zero-order valence-electron chi connectivity index (χ0n) is 13.4. The number of pyridine rings is 1. The second-order valence-corrected chi connectivity index (χ2v) is 6.15. The van der Waals surface area contributed by atoms with E-state index in [1.54, 1.807) is 0 Å². The Bertz CT molecular complexity index is 807. The highest BCUT2D eigenvalue weighted by atomic mass is 16.5. The van der Waals surface area contributed by atoms with Crippen molar-refractivity contribution in [3.8, 4) is 0 Å². The fraction of sp³-hybridized carbons (Fsp3) is 0.444. The van der Waals surface area contributed by atoms with Crippen molar-refractivity contribution < 1.29 is 19.7 Å². The fourth-order valence-corrected chi connectivity index (χ4v) is 3.01. The second-order valence-electron chi connectivity index (χ2n) is 6.15. The molecule has 0 bridgehead atoms. The molecule has 1 heterocycles. The molecule has 128 valence electrons. The number of aromatic nitrogens is 1. The van der Waals surface area contributed by atoms with Crippen LogP contribution in [0.1, 0.15) is 46.7 Å². The molecule has 0 saturated heterocycles. The number of carboxylic acids is 1. The number of benzene rings is 1. The first-order valence-corrected chi connectivity index (χ1v) is 8.22. The maximum absolute atomic E-state index is 12.4. The molecule has 1 aliphatic carbocycles. The van der Waals surface area contributed by atoms with Gasteiger partial charge in [0.25, 0.3) is 0 Å². The molecule has 0 amide bonds. The molecule has 1 aromatic carbocycles. The summed E-state index contributed by atoms with van der Waals surface area (Å²) in [5.74, 6) is -0.686. The molecule has 0 spiro atoms. The van der Waals surface area contributed by atoms with Crippen molar-refractivity contribution in [2.45, 2.75) is 31.6 Å². The number of carbonyl (C=O) groups is 1. The maximum atomic E-state index is 12.4. The van der Waals surface area contributed by atoms with Crippen LogP contribution >= 0.6 is 0 Å². The number of carboxylic acid groups (broad SMARTS) is 1. The number of rotatable bonds is 8. The number of aromatic carboxylic acids is 1. The average molecular weight is 331 g/mol. The Morgan fingerprint density at radius 2 is 2.08 bits per heavy atom. The number of aryl methyl sites for hydroxylation is 1. The summed E-state index contributed by atoms with van der Waals surface area (Å²) in [6.45, 7) is 0.889. The van der Waals surface area contributed by atoms with E-state index in [1.165, 1.54) is 11.8 Å². The van der Waals surface area contributed by atoms with E-state index in [-0.39, 0.29) is 12.2 Å². The summed E-state index contributed by atoms with van der Waals surface area (Å²) in [4.78, 5) is 26.5. The van der Waals surface area contributed by atoms with Crippen LogP contribution in [-0.4, -0.2) is 41.0 Å². The molecule has 0 radical (unpaired) electrons. The van der Waals surface area contributed by atoms with Crippen molar-refractivity contribution in [3.05, 3.63) is 45.2 Å². The first-order valence-electron chi connectivity index (χ1n) is 8.22. The number of ether oxygens (including phenoxy) is 1. The van der Waals surface area contributed by atoms with Gasteiger partial charge in [-0.3, -0.25) is 4.79 Å². The molecular weight excluding hydrogens is 310 g/mol. The fourth-order valence-electron chi connectivity index (χ4n) is 3.01. The SMILES string of the molecule is O=C(O)c1c[nH]c2cc(C3CC3)c(CCCOCCO)cc2c1=O. The van der Waals surface area contributed by atoms with Crippen LogP contribution in [0.5, 0.6) is 0 Å². The van der Waals surface area contributed by atoms with E-state index >= 15 is 0 Å². The van der Waals surface area contributed by atoms with E-state index in [1.807, 2.05) is 12.1 Å². The van der Waals surface area contributed by atoms with E-state index in [9.17, 15) is 9.59 Å². The van der Waals surface area contributed by atoms with Crippen LogP contribution in [0.3, 0.4) is 0 Å². The van der Waals surface area contributed by atoms with Crippen molar-refractivity contribution in [2.75, 3.05) is 19.8 Å². The lowest BCUT2D eigenvalue weighted by molar-refractivity contribution is 0.0695. The van der Waals surface area contributed by atoms with E-state index in [4.69, 9.17) is 14.9 Å². The Labute approximate surface area is 139 Å². The van der Waals surface area contributed by atoms with Gasteiger partial charge in [0.05, 0.1) is 13.2 Å². The Balaban J connectivity index is 1.93. The molecule has 3 N–H and O–H groups in total. The zero-order valence-corrected chi connectivity index (χ0v) is 13.4. The van der Waals surface area contributed by atoms with Crippen LogP contribution in [0, 0.1) is 0 Å². The summed E-state index contributed by atoms with van der Waals surface area (Å²) < 4.78 is 5.29. The normalized spacial score (nSPS) is 14.2. The minimum atomic E-state index is -1.22. The molecule has 2 aromatic rings.